The lowest BCUT2D eigenvalue weighted by Gasteiger charge is -2.21. The van der Waals surface area contributed by atoms with Crippen LogP contribution in [0.4, 0.5) is 0 Å². The molecule has 2 heteroatoms. The molecule has 1 aliphatic carbocycles. The van der Waals surface area contributed by atoms with Crippen molar-refractivity contribution in [3.05, 3.63) is 28.8 Å². The minimum Gasteiger partial charge on any atom is -0.508 e. The lowest BCUT2D eigenvalue weighted by atomic mass is 9.86. The summed E-state index contributed by atoms with van der Waals surface area (Å²) in [6, 6.07) is 3.79. The molecular weight excluding hydrogens is 188 g/mol. The molecule has 0 aromatic heterocycles. The number of rotatable bonds is 2. The molecule has 1 unspecified atom stereocenters. The maximum atomic E-state index is 9.80. The Labute approximate surface area is 90.6 Å². The van der Waals surface area contributed by atoms with Gasteiger partial charge in [-0.3, -0.25) is 0 Å². The summed E-state index contributed by atoms with van der Waals surface area (Å²) in [5.41, 5.74) is 3.60. The number of benzene rings is 1. The van der Waals surface area contributed by atoms with Crippen molar-refractivity contribution in [3.63, 3.8) is 0 Å². The third kappa shape index (κ3) is 2.15. The summed E-state index contributed by atoms with van der Waals surface area (Å²) in [6.45, 7) is 1.77. The first-order valence-electron chi connectivity index (χ1n) is 5.69. The van der Waals surface area contributed by atoms with Crippen LogP contribution in [0.5, 0.6) is 5.75 Å². The normalized spacial score (nSPS) is 17.2. The summed E-state index contributed by atoms with van der Waals surface area (Å²) in [4.78, 5) is 0. The topological polar surface area (TPSA) is 40.5 Å². The molecule has 1 aliphatic rings. The van der Waals surface area contributed by atoms with Crippen molar-refractivity contribution < 1.29 is 10.2 Å². The van der Waals surface area contributed by atoms with Crippen molar-refractivity contribution in [1.82, 2.24) is 0 Å². The smallest absolute Gasteiger partial charge is 0.119 e. The predicted octanol–water partition coefficient (Wildman–Crippen LogP) is 2.19. The summed E-state index contributed by atoms with van der Waals surface area (Å²) in [6.07, 6.45) is 4.78. The largest absolute Gasteiger partial charge is 0.508 e. The highest BCUT2D eigenvalue weighted by atomic mass is 16.3. The van der Waals surface area contributed by atoms with E-state index in [0.717, 1.165) is 18.4 Å². The Hall–Kier alpha value is -1.02. The van der Waals surface area contributed by atoms with E-state index in [2.05, 4.69) is 0 Å². The fourth-order valence-electron chi connectivity index (χ4n) is 2.42. The third-order valence-electron chi connectivity index (χ3n) is 3.13. The number of phenols is 1. The van der Waals surface area contributed by atoms with Crippen molar-refractivity contribution in [3.8, 4) is 5.75 Å². The zero-order valence-corrected chi connectivity index (χ0v) is 9.16. The summed E-state index contributed by atoms with van der Waals surface area (Å²) in [5, 5.41) is 19.2. The van der Waals surface area contributed by atoms with Gasteiger partial charge in [0.1, 0.15) is 5.75 Å². The Morgan fingerprint density at radius 1 is 1.27 bits per heavy atom. The second kappa shape index (κ2) is 4.23. The van der Waals surface area contributed by atoms with Gasteiger partial charge in [-0.15, -0.1) is 0 Å². The van der Waals surface area contributed by atoms with Gasteiger partial charge < -0.3 is 10.2 Å². The van der Waals surface area contributed by atoms with Crippen LogP contribution in [0.25, 0.3) is 0 Å². The van der Waals surface area contributed by atoms with E-state index in [1.165, 1.54) is 24.0 Å². The molecule has 15 heavy (non-hydrogen) atoms. The van der Waals surface area contributed by atoms with Crippen LogP contribution in [-0.4, -0.2) is 16.3 Å². The molecular formula is C13H18O2. The zero-order valence-electron chi connectivity index (χ0n) is 9.16. The molecule has 0 aliphatic heterocycles. The first kappa shape index (κ1) is 10.5. The summed E-state index contributed by atoms with van der Waals surface area (Å²) >= 11 is 0. The number of hydrogen-bond acceptors (Lipinski definition) is 2. The van der Waals surface area contributed by atoms with E-state index >= 15 is 0 Å². The molecule has 0 saturated heterocycles. The average molecular weight is 206 g/mol. The van der Waals surface area contributed by atoms with Gasteiger partial charge in [-0.2, -0.15) is 0 Å². The molecule has 82 valence electrons. The Morgan fingerprint density at radius 3 is 2.73 bits per heavy atom. The summed E-state index contributed by atoms with van der Waals surface area (Å²) < 4.78 is 0. The standard InChI is InChI=1S/C13H18O2/c1-9(14)8-12-11-5-3-2-4-10(11)6-7-13(12)15/h6-7,9,14-15H,2-5,8H2,1H3. The third-order valence-corrected chi connectivity index (χ3v) is 3.13. The van der Waals surface area contributed by atoms with Crippen LogP contribution in [0.2, 0.25) is 0 Å². The minimum atomic E-state index is -0.385. The fourth-order valence-corrected chi connectivity index (χ4v) is 2.42. The van der Waals surface area contributed by atoms with E-state index in [1.807, 2.05) is 6.07 Å². The monoisotopic (exact) mass is 206 g/mol. The molecule has 0 fully saturated rings. The molecule has 1 aromatic carbocycles. The molecule has 2 rings (SSSR count). The first-order chi connectivity index (χ1) is 7.18. The number of fused-ring (bicyclic) bond motifs is 1. The van der Waals surface area contributed by atoms with Gasteiger partial charge in [0.05, 0.1) is 6.10 Å². The van der Waals surface area contributed by atoms with Crippen molar-refractivity contribution in [2.75, 3.05) is 0 Å². The second-order valence-corrected chi connectivity index (χ2v) is 4.46. The van der Waals surface area contributed by atoms with Gasteiger partial charge >= 0.3 is 0 Å². The molecule has 1 atom stereocenters. The van der Waals surface area contributed by atoms with Crippen LogP contribution in [0.1, 0.15) is 36.5 Å². The Kier molecular flexibility index (Phi) is 2.96. The molecule has 0 amide bonds. The van der Waals surface area contributed by atoms with Gasteiger partial charge in [0, 0.05) is 6.42 Å². The van der Waals surface area contributed by atoms with E-state index < -0.39 is 0 Å². The molecule has 2 N–H and O–H groups in total. The highest BCUT2D eigenvalue weighted by Gasteiger charge is 2.17. The van der Waals surface area contributed by atoms with Crippen LogP contribution in [0.15, 0.2) is 12.1 Å². The van der Waals surface area contributed by atoms with Crippen LogP contribution in [-0.2, 0) is 19.3 Å². The van der Waals surface area contributed by atoms with Gasteiger partial charge in [-0.05, 0) is 55.4 Å². The maximum Gasteiger partial charge on any atom is 0.119 e. The molecule has 0 radical (unpaired) electrons. The highest BCUT2D eigenvalue weighted by Crippen LogP contribution is 2.31. The fraction of sp³-hybridized carbons (Fsp3) is 0.538. The second-order valence-electron chi connectivity index (χ2n) is 4.46. The summed E-state index contributed by atoms with van der Waals surface area (Å²) in [7, 11) is 0. The van der Waals surface area contributed by atoms with Crippen LogP contribution < -0.4 is 0 Å². The quantitative estimate of drug-likeness (QED) is 0.778. The van der Waals surface area contributed by atoms with E-state index in [-0.39, 0.29) is 6.10 Å². The average Bonchev–Trinajstić information content (AvgIpc) is 2.22. The molecule has 2 nitrogen and oxygen atoms in total. The first-order valence-corrected chi connectivity index (χ1v) is 5.69. The van der Waals surface area contributed by atoms with Crippen LogP contribution >= 0.6 is 0 Å². The number of phenolic OH excluding ortho intramolecular Hbond substituents is 1. The minimum absolute atomic E-state index is 0.344. The van der Waals surface area contributed by atoms with Crippen molar-refractivity contribution in [2.24, 2.45) is 0 Å². The molecule has 0 heterocycles. The summed E-state index contributed by atoms with van der Waals surface area (Å²) in [5.74, 6) is 0.344. The number of aryl methyl sites for hydroxylation is 1. The van der Waals surface area contributed by atoms with Crippen LogP contribution in [0.3, 0.4) is 0 Å². The predicted molar refractivity (Wildman–Crippen MR) is 60.1 cm³/mol. The number of aromatic hydroxyl groups is 1. The van der Waals surface area contributed by atoms with Gasteiger partial charge in [0.15, 0.2) is 0 Å². The Balaban J connectivity index is 2.41. The molecule has 0 saturated carbocycles. The maximum absolute atomic E-state index is 9.80. The van der Waals surface area contributed by atoms with Crippen molar-refractivity contribution >= 4 is 0 Å². The number of aliphatic hydroxyl groups is 1. The van der Waals surface area contributed by atoms with Crippen molar-refractivity contribution in [2.45, 2.75) is 45.1 Å². The van der Waals surface area contributed by atoms with Gasteiger partial charge in [-0.25, -0.2) is 0 Å². The number of aliphatic hydroxyl groups excluding tert-OH is 1. The van der Waals surface area contributed by atoms with Crippen molar-refractivity contribution in [1.29, 1.82) is 0 Å². The zero-order chi connectivity index (χ0) is 10.8. The van der Waals surface area contributed by atoms with Gasteiger partial charge in [0.25, 0.3) is 0 Å². The van der Waals surface area contributed by atoms with E-state index in [9.17, 15) is 10.2 Å². The molecule has 0 spiro atoms. The van der Waals surface area contributed by atoms with E-state index in [1.54, 1.807) is 13.0 Å². The SMILES string of the molecule is CC(O)Cc1c(O)ccc2c1CCCC2. The highest BCUT2D eigenvalue weighted by molar-refractivity contribution is 5.45. The van der Waals surface area contributed by atoms with Crippen LogP contribution in [0, 0.1) is 0 Å². The Bertz CT molecular complexity index is 356. The van der Waals surface area contributed by atoms with E-state index in [0.29, 0.717) is 12.2 Å². The lowest BCUT2D eigenvalue weighted by molar-refractivity contribution is 0.194. The lowest BCUT2D eigenvalue weighted by Crippen LogP contribution is -2.11. The van der Waals surface area contributed by atoms with Gasteiger partial charge in [0.2, 0.25) is 0 Å². The number of hydrogen-bond donors (Lipinski definition) is 2. The Morgan fingerprint density at radius 2 is 2.00 bits per heavy atom. The van der Waals surface area contributed by atoms with Gasteiger partial charge in [-0.1, -0.05) is 6.07 Å². The van der Waals surface area contributed by atoms with E-state index in [4.69, 9.17) is 0 Å². The molecule has 0 bridgehead atoms. The molecule has 1 aromatic rings.